The van der Waals surface area contributed by atoms with E-state index < -0.39 is 0 Å². The second-order valence-corrected chi connectivity index (χ2v) is 6.70. The van der Waals surface area contributed by atoms with Gasteiger partial charge in [0.05, 0.1) is 11.4 Å². The van der Waals surface area contributed by atoms with Crippen LogP contribution in [0.5, 0.6) is 0 Å². The number of nitrogens with one attached hydrogen (secondary N) is 1. The molecular formula is C16H17ClN2O2S. The van der Waals surface area contributed by atoms with Gasteiger partial charge in [0.25, 0.3) is 5.91 Å². The summed E-state index contributed by atoms with van der Waals surface area (Å²) in [7, 11) is 1.70. The first kappa shape index (κ1) is 16.5. The Labute approximate surface area is 138 Å². The number of benzene rings is 1. The Hall–Kier alpha value is -1.85. The third kappa shape index (κ3) is 4.58. The number of carbonyl (C=O) groups excluding carboxylic acids is 2. The van der Waals surface area contributed by atoms with E-state index in [4.69, 9.17) is 11.6 Å². The number of likely N-dealkylation sites (N-methyl/N-ethyl adjacent to an activating group) is 1. The first-order valence-electron chi connectivity index (χ1n) is 6.79. The number of aryl methyl sites for hydroxylation is 1. The van der Waals surface area contributed by atoms with E-state index in [0.717, 1.165) is 10.4 Å². The SMILES string of the molecule is Cc1ccc(C(=O)NCC(=O)N(C)Cc2cccc(Cl)c2)s1. The Balaban J connectivity index is 1.85. The van der Waals surface area contributed by atoms with Crippen molar-refractivity contribution in [2.24, 2.45) is 0 Å². The van der Waals surface area contributed by atoms with Crippen molar-refractivity contribution in [1.82, 2.24) is 10.2 Å². The van der Waals surface area contributed by atoms with Crippen molar-refractivity contribution in [1.29, 1.82) is 0 Å². The van der Waals surface area contributed by atoms with Gasteiger partial charge in [-0.1, -0.05) is 23.7 Å². The molecule has 0 saturated heterocycles. The molecule has 0 unspecified atom stereocenters. The monoisotopic (exact) mass is 336 g/mol. The molecule has 0 radical (unpaired) electrons. The molecular weight excluding hydrogens is 320 g/mol. The number of amides is 2. The molecule has 0 aliphatic rings. The Bertz CT molecular complexity index is 684. The van der Waals surface area contributed by atoms with Crippen LogP contribution in [0.3, 0.4) is 0 Å². The molecule has 0 fully saturated rings. The van der Waals surface area contributed by atoms with E-state index in [0.29, 0.717) is 16.4 Å². The summed E-state index contributed by atoms with van der Waals surface area (Å²) in [6, 6.07) is 11.0. The van der Waals surface area contributed by atoms with Crippen LogP contribution in [0.15, 0.2) is 36.4 Å². The molecule has 1 aromatic heterocycles. The fourth-order valence-electron chi connectivity index (χ4n) is 1.93. The lowest BCUT2D eigenvalue weighted by Crippen LogP contribution is -2.37. The largest absolute Gasteiger partial charge is 0.342 e. The molecule has 6 heteroatoms. The summed E-state index contributed by atoms with van der Waals surface area (Å²) < 4.78 is 0. The Morgan fingerprint density at radius 1 is 1.27 bits per heavy atom. The van der Waals surface area contributed by atoms with Crippen LogP contribution in [0.4, 0.5) is 0 Å². The average Bonchev–Trinajstić information content (AvgIpc) is 2.91. The normalized spacial score (nSPS) is 10.3. The maximum absolute atomic E-state index is 12.1. The lowest BCUT2D eigenvalue weighted by Gasteiger charge is -2.17. The molecule has 0 bridgehead atoms. The van der Waals surface area contributed by atoms with Crippen LogP contribution >= 0.6 is 22.9 Å². The second-order valence-electron chi connectivity index (χ2n) is 4.97. The van der Waals surface area contributed by atoms with Crippen molar-refractivity contribution in [3.05, 3.63) is 56.7 Å². The molecule has 0 spiro atoms. The van der Waals surface area contributed by atoms with Gasteiger partial charge in [0.2, 0.25) is 5.91 Å². The van der Waals surface area contributed by atoms with Crippen molar-refractivity contribution in [2.75, 3.05) is 13.6 Å². The van der Waals surface area contributed by atoms with Gasteiger partial charge in [-0.05, 0) is 36.8 Å². The summed E-state index contributed by atoms with van der Waals surface area (Å²) in [5.74, 6) is -0.371. The Morgan fingerprint density at radius 3 is 2.68 bits per heavy atom. The number of rotatable bonds is 5. The molecule has 0 aliphatic carbocycles. The van der Waals surface area contributed by atoms with Crippen molar-refractivity contribution in [3.8, 4) is 0 Å². The van der Waals surface area contributed by atoms with Crippen LogP contribution < -0.4 is 5.32 Å². The van der Waals surface area contributed by atoms with Gasteiger partial charge in [-0.15, -0.1) is 11.3 Å². The molecule has 1 N–H and O–H groups in total. The van der Waals surface area contributed by atoms with E-state index in [9.17, 15) is 9.59 Å². The molecule has 1 heterocycles. The van der Waals surface area contributed by atoms with E-state index in [2.05, 4.69) is 5.32 Å². The second kappa shape index (κ2) is 7.42. The molecule has 2 amide bonds. The van der Waals surface area contributed by atoms with Crippen LogP contribution in [0.1, 0.15) is 20.1 Å². The smallest absolute Gasteiger partial charge is 0.261 e. The third-order valence-corrected chi connectivity index (χ3v) is 4.33. The summed E-state index contributed by atoms with van der Waals surface area (Å²) in [5.41, 5.74) is 0.948. The third-order valence-electron chi connectivity index (χ3n) is 3.10. The van der Waals surface area contributed by atoms with E-state index in [1.807, 2.05) is 31.2 Å². The van der Waals surface area contributed by atoms with Gasteiger partial charge in [-0.2, -0.15) is 0 Å². The van der Waals surface area contributed by atoms with Crippen molar-refractivity contribution in [3.63, 3.8) is 0 Å². The summed E-state index contributed by atoms with van der Waals surface area (Å²) in [6.07, 6.45) is 0. The zero-order valence-corrected chi connectivity index (χ0v) is 14.0. The molecule has 22 heavy (non-hydrogen) atoms. The first-order valence-corrected chi connectivity index (χ1v) is 7.98. The highest BCUT2D eigenvalue weighted by molar-refractivity contribution is 7.13. The number of halogens is 1. The van der Waals surface area contributed by atoms with Crippen molar-refractivity contribution >= 4 is 34.8 Å². The fraction of sp³-hybridized carbons (Fsp3) is 0.250. The number of thiophene rings is 1. The van der Waals surface area contributed by atoms with Gasteiger partial charge in [-0.3, -0.25) is 9.59 Å². The topological polar surface area (TPSA) is 49.4 Å². The minimum absolute atomic E-state index is 0.0210. The van der Waals surface area contributed by atoms with Gasteiger partial charge in [0, 0.05) is 23.5 Å². The first-order chi connectivity index (χ1) is 10.5. The van der Waals surface area contributed by atoms with Gasteiger partial charge in [0.1, 0.15) is 0 Å². The van der Waals surface area contributed by atoms with Gasteiger partial charge >= 0.3 is 0 Å². The quantitative estimate of drug-likeness (QED) is 0.912. The van der Waals surface area contributed by atoms with Crippen LogP contribution in [-0.4, -0.2) is 30.3 Å². The Morgan fingerprint density at radius 2 is 2.05 bits per heavy atom. The summed E-state index contributed by atoms with van der Waals surface area (Å²) in [4.78, 5) is 27.2. The highest BCUT2D eigenvalue weighted by Gasteiger charge is 2.13. The van der Waals surface area contributed by atoms with Crippen LogP contribution in [0, 0.1) is 6.92 Å². The summed E-state index contributed by atoms with van der Waals surface area (Å²) >= 11 is 7.33. The minimum atomic E-state index is -0.220. The average molecular weight is 337 g/mol. The maximum atomic E-state index is 12.1. The number of hydrogen-bond acceptors (Lipinski definition) is 3. The number of hydrogen-bond donors (Lipinski definition) is 1. The van der Waals surface area contributed by atoms with Gasteiger partial charge < -0.3 is 10.2 Å². The Kier molecular flexibility index (Phi) is 5.57. The molecule has 1 aromatic carbocycles. The molecule has 2 aromatic rings. The molecule has 2 rings (SSSR count). The predicted molar refractivity (Wildman–Crippen MR) is 89.3 cm³/mol. The van der Waals surface area contributed by atoms with Gasteiger partial charge in [0.15, 0.2) is 0 Å². The minimum Gasteiger partial charge on any atom is -0.342 e. The predicted octanol–water partition coefficient (Wildman–Crippen LogP) is 3.10. The van der Waals surface area contributed by atoms with E-state index >= 15 is 0 Å². The highest BCUT2D eigenvalue weighted by atomic mass is 35.5. The zero-order chi connectivity index (χ0) is 16.1. The summed E-state index contributed by atoms with van der Waals surface area (Å²) in [5, 5.41) is 3.28. The number of nitrogens with zero attached hydrogens (tertiary/aromatic N) is 1. The lowest BCUT2D eigenvalue weighted by atomic mass is 10.2. The summed E-state index contributed by atoms with van der Waals surface area (Å²) in [6.45, 7) is 2.37. The van der Waals surface area contributed by atoms with Crippen LogP contribution in [-0.2, 0) is 11.3 Å². The molecule has 0 atom stereocenters. The van der Waals surface area contributed by atoms with Gasteiger partial charge in [-0.25, -0.2) is 0 Å². The van der Waals surface area contributed by atoms with E-state index in [-0.39, 0.29) is 18.4 Å². The molecule has 0 aliphatic heterocycles. The van der Waals surface area contributed by atoms with Crippen molar-refractivity contribution in [2.45, 2.75) is 13.5 Å². The van der Waals surface area contributed by atoms with E-state index in [1.54, 1.807) is 24.1 Å². The number of carbonyl (C=O) groups is 2. The van der Waals surface area contributed by atoms with Crippen LogP contribution in [0.2, 0.25) is 5.02 Å². The van der Waals surface area contributed by atoms with Crippen LogP contribution in [0.25, 0.3) is 0 Å². The highest BCUT2D eigenvalue weighted by Crippen LogP contribution is 2.14. The van der Waals surface area contributed by atoms with E-state index in [1.165, 1.54) is 11.3 Å². The fourth-order valence-corrected chi connectivity index (χ4v) is 2.93. The molecule has 116 valence electrons. The standard InChI is InChI=1S/C16H17ClN2O2S/c1-11-6-7-14(22-11)16(21)18-9-15(20)19(2)10-12-4-3-5-13(17)8-12/h3-8H,9-10H2,1-2H3,(H,18,21). The van der Waals surface area contributed by atoms with Crippen molar-refractivity contribution < 1.29 is 9.59 Å². The maximum Gasteiger partial charge on any atom is 0.261 e. The molecule has 4 nitrogen and oxygen atoms in total. The zero-order valence-electron chi connectivity index (χ0n) is 12.4. The molecule has 0 saturated carbocycles. The lowest BCUT2D eigenvalue weighted by molar-refractivity contribution is -0.129.